The van der Waals surface area contributed by atoms with Gasteiger partial charge in [-0.05, 0) is 25.3 Å². The van der Waals surface area contributed by atoms with Crippen molar-refractivity contribution in [3.8, 4) is 0 Å². The van der Waals surface area contributed by atoms with Crippen molar-refractivity contribution in [3.05, 3.63) is 24.3 Å². The predicted molar refractivity (Wildman–Crippen MR) is 79.5 cm³/mol. The van der Waals surface area contributed by atoms with Crippen LogP contribution in [-0.2, 0) is 9.59 Å². The standard InChI is InChI=1S/C15H20N4O3/c20-9-12-7-15(14(22)18-12)3-5-19(6-4-15)13(21)2-1-11-8-16-10-17-11/h1-2,8,10,12,20H,3-7,9H2,(H,16,17)(H,18,22)/b2-1+/t12-/m1/s1. The van der Waals surface area contributed by atoms with Gasteiger partial charge in [0.25, 0.3) is 0 Å². The first-order valence-electron chi connectivity index (χ1n) is 7.50. The van der Waals surface area contributed by atoms with Crippen LogP contribution in [0.2, 0.25) is 0 Å². The molecule has 7 nitrogen and oxygen atoms in total. The lowest BCUT2D eigenvalue weighted by atomic mass is 9.76. The van der Waals surface area contributed by atoms with Crippen molar-refractivity contribution in [2.45, 2.75) is 25.3 Å². The summed E-state index contributed by atoms with van der Waals surface area (Å²) >= 11 is 0. The quantitative estimate of drug-likeness (QED) is 0.680. The molecular formula is C15H20N4O3. The smallest absolute Gasteiger partial charge is 0.246 e. The lowest BCUT2D eigenvalue weighted by Gasteiger charge is -2.37. The molecule has 1 spiro atoms. The Kier molecular flexibility index (Phi) is 3.98. The number of H-pyrrole nitrogens is 1. The van der Waals surface area contributed by atoms with E-state index in [4.69, 9.17) is 0 Å². The molecule has 0 saturated carbocycles. The maximum absolute atomic E-state index is 12.2. The monoisotopic (exact) mass is 304 g/mol. The van der Waals surface area contributed by atoms with Gasteiger partial charge < -0.3 is 20.3 Å². The molecule has 1 atom stereocenters. The molecular weight excluding hydrogens is 284 g/mol. The minimum Gasteiger partial charge on any atom is -0.394 e. The number of aromatic amines is 1. The molecule has 2 saturated heterocycles. The zero-order valence-corrected chi connectivity index (χ0v) is 12.3. The van der Waals surface area contributed by atoms with E-state index in [1.54, 1.807) is 23.5 Å². The third kappa shape index (κ3) is 2.76. The summed E-state index contributed by atoms with van der Waals surface area (Å²) in [6.45, 7) is 1.11. The van der Waals surface area contributed by atoms with Gasteiger partial charge in [-0.2, -0.15) is 0 Å². The fraction of sp³-hybridized carbons (Fsp3) is 0.533. The molecule has 0 radical (unpaired) electrons. The van der Waals surface area contributed by atoms with Gasteiger partial charge in [0.15, 0.2) is 0 Å². The number of aliphatic hydroxyl groups is 1. The van der Waals surface area contributed by atoms with Gasteiger partial charge in [0.05, 0.1) is 36.3 Å². The minimum absolute atomic E-state index is 0.0200. The molecule has 2 fully saturated rings. The molecule has 3 heterocycles. The second-order valence-corrected chi connectivity index (χ2v) is 6.00. The van der Waals surface area contributed by atoms with E-state index in [1.165, 1.54) is 6.08 Å². The van der Waals surface area contributed by atoms with Crippen LogP contribution in [0.1, 0.15) is 25.0 Å². The van der Waals surface area contributed by atoms with Crippen LogP contribution in [0.3, 0.4) is 0 Å². The average molecular weight is 304 g/mol. The summed E-state index contributed by atoms with van der Waals surface area (Å²) in [6, 6.07) is -0.143. The third-order valence-electron chi connectivity index (χ3n) is 4.63. The first kappa shape index (κ1) is 14.8. The molecule has 1 aromatic heterocycles. The summed E-state index contributed by atoms with van der Waals surface area (Å²) in [7, 11) is 0. The van der Waals surface area contributed by atoms with E-state index >= 15 is 0 Å². The Morgan fingerprint density at radius 1 is 1.50 bits per heavy atom. The highest BCUT2D eigenvalue weighted by molar-refractivity contribution is 5.92. The highest BCUT2D eigenvalue weighted by atomic mass is 16.3. The molecule has 0 bridgehead atoms. The molecule has 118 valence electrons. The third-order valence-corrected chi connectivity index (χ3v) is 4.63. The van der Waals surface area contributed by atoms with Crippen molar-refractivity contribution in [3.63, 3.8) is 0 Å². The number of amides is 2. The van der Waals surface area contributed by atoms with Crippen molar-refractivity contribution >= 4 is 17.9 Å². The minimum atomic E-state index is -0.405. The van der Waals surface area contributed by atoms with Gasteiger partial charge in [-0.3, -0.25) is 9.59 Å². The van der Waals surface area contributed by atoms with Crippen molar-refractivity contribution in [1.29, 1.82) is 0 Å². The SMILES string of the molecule is O=C(/C=C/c1cnc[nH]1)N1CCC2(CC1)C[C@H](CO)NC2=O. The molecule has 7 heteroatoms. The van der Waals surface area contributed by atoms with Crippen LogP contribution in [0, 0.1) is 5.41 Å². The fourth-order valence-electron chi connectivity index (χ4n) is 3.27. The molecule has 3 rings (SSSR count). The highest BCUT2D eigenvalue weighted by Crippen LogP contribution is 2.40. The Morgan fingerprint density at radius 2 is 2.27 bits per heavy atom. The van der Waals surface area contributed by atoms with Crippen LogP contribution in [0.15, 0.2) is 18.6 Å². The van der Waals surface area contributed by atoms with E-state index in [-0.39, 0.29) is 24.5 Å². The molecule has 1 aromatic rings. The number of piperidine rings is 1. The molecule has 2 amide bonds. The van der Waals surface area contributed by atoms with Gasteiger partial charge in [0.1, 0.15) is 0 Å². The van der Waals surface area contributed by atoms with Crippen LogP contribution in [-0.4, -0.2) is 57.5 Å². The number of hydrogen-bond donors (Lipinski definition) is 3. The maximum Gasteiger partial charge on any atom is 0.246 e. The lowest BCUT2D eigenvalue weighted by Crippen LogP contribution is -2.45. The molecule has 2 aliphatic heterocycles. The Labute approximate surface area is 128 Å². The average Bonchev–Trinajstić information content (AvgIpc) is 3.15. The summed E-state index contributed by atoms with van der Waals surface area (Å²) in [6.07, 6.45) is 8.39. The number of nitrogens with zero attached hydrogens (tertiary/aromatic N) is 2. The number of imidazole rings is 1. The highest BCUT2D eigenvalue weighted by Gasteiger charge is 2.48. The normalized spacial score (nSPS) is 24.1. The van der Waals surface area contributed by atoms with Gasteiger partial charge in [0.2, 0.25) is 11.8 Å². The van der Waals surface area contributed by atoms with Gasteiger partial charge in [0, 0.05) is 19.2 Å². The number of aromatic nitrogens is 2. The second-order valence-electron chi connectivity index (χ2n) is 6.00. The van der Waals surface area contributed by atoms with Crippen molar-refractivity contribution < 1.29 is 14.7 Å². The largest absolute Gasteiger partial charge is 0.394 e. The first-order chi connectivity index (χ1) is 10.6. The number of hydrogen-bond acceptors (Lipinski definition) is 4. The van der Waals surface area contributed by atoms with Crippen molar-refractivity contribution in [2.75, 3.05) is 19.7 Å². The Bertz CT molecular complexity index is 574. The van der Waals surface area contributed by atoms with Gasteiger partial charge in [-0.1, -0.05) is 0 Å². The van der Waals surface area contributed by atoms with Crippen molar-refractivity contribution in [1.82, 2.24) is 20.2 Å². The summed E-state index contributed by atoms with van der Waals surface area (Å²) in [5, 5.41) is 12.0. The maximum atomic E-state index is 12.2. The van der Waals surface area contributed by atoms with E-state index in [2.05, 4.69) is 15.3 Å². The van der Waals surface area contributed by atoms with Crippen LogP contribution in [0.4, 0.5) is 0 Å². The van der Waals surface area contributed by atoms with E-state index in [0.29, 0.717) is 32.4 Å². The first-order valence-corrected chi connectivity index (χ1v) is 7.50. The number of rotatable bonds is 3. The molecule has 0 aromatic carbocycles. The number of carbonyl (C=O) groups is 2. The molecule has 22 heavy (non-hydrogen) atoms. The van der Waals surface area contributed by atoms with E-state index in [0.717, 1.165) is 5.69 Å². The molecule has 2 aliphatic rings. The zero-order valence-electron chi connectivity index (χ0n) is 12.3. The summed E-state index contributed by atoms with van der Waals surface area (Å²) in [5.74, 6) is -0.0341. The number of nitrogens with one attached hydrogen (secondary N) is 2. The Hall–Kier alpha value is -2.15. The molecule has 0 unspecified atom stereocenters. The van der Waals surface area contributed by atoms with Crippen LogP contribution in [0.5, 0.6) is 0 Å². The van der Waals surface area contributed by atoms with E-state index in [1.807, 2.05) is 0 Å². The summed E-state index contributed by atoms with van der Waals surface area (Å²) < 4.78 is 0. The zero-order chi connectivity index (χ0) is 15.6. The fourth-order valence-corrected chi connectivity index (χ4v) is 3.27. The van der Waals surface area contributed by atoms with Gasteiger partial charge in [-0.15, -0.1) is 0 Å². The van der Waals surface area contributed by atoms with Crippen LogP contribution < -0.4 is 5.32 Å². The Morgan fingerprint density at radius 3 is 2.86 bits per heavy atom. The predicted octanol–water partition coefficient (Wildman–Crippen LogP) is -0.0875. The summed E-state index contributed by atoms with van der Waals surface area (Å²) in [5.41, 5.74) is 0.375. The van der Waals surface area contributed by atoms with E-state index < -0.39 is 5.41 Å². The van der Waals surface area contributed by atoms with Crippen molar-refractivity contribution in [2.24, 2.45) is 5.41 Å². The topological polar surface area (TPSA) is 98.3 Å². The van der Waals surface area contributed by atoms with Gasteiger partial charge in [-0.25, -0.2) is 4.98 Å². The second kappa shape index (κ2) is 5.92. The Balaban J connectivity index is 1.57. The molecule has 0 aliphatic carbocycles. The van der Waals surface area contributed by atoms with E-state index in [9.17, 15) is 14.7 Å². The lowest BCUT2D eigenvalue weighted by molar-refractivity contribution is -0.135. The van der Waals surface area contributed by atoms with Crippen LogP contribution in [0.25, 0.3) is 6.08 Å². The van der Waals surface area contributed by atoms with Gasteiger partial charge >= 0.3 is 0 Å². The number of likely N-dealkylation sites (tertiary alicyclic amines) is 1. The number of aliphatic hydroxyl groups excluding tert-OH is 1. The molecule has 3 N–H and O–H groups in total. The summed E-state index contributed by atoms with van der Waals surface area (Å²) in [4.78, 5) is 32.8. The number of carbonyl (C=O) groups excluding carboxylic acids is 2. The van der Waals surface area contributed by atoms with Crippen LogP contribution >= 0.6 is 0 Å².